The minimum atomic E-state index is 0.480. The number of thioether (sulfide) groups is 1. The van der Waals surface area contributed by atoms with Crippen molar-refractivity contribution in [2.45, 2.75) is 11.5 Å². The van der Waals surface area contributed by atoms with Gasteiger partial charge in [0.2, 0.25) is 0 Å². The van der Waals surface area contributed by atoms with E-state index in [0.29, 0.717) is 17.9 Å². The smallest absolute Gasteiger partial charge is 0.138 e. The summed E-state index contributed by atoms with van der Waals surface area (Å²) in [7, 11) is 0. The van der Waals surface area contributed by atoms with E-state index < -0.39 is 0 Å². The van der Waals surface area contributed by atoms with E-state index in [1.165, 1.54) is 0 Å². The molecule has 0 aliphatic heterocycles. The van der Waals surface area contributed by atoms with Gasteiger partial charge >= 0.3 is 0 Å². The summed E-state index contributed by atoms with van der Waals surface area (Å²) in [6, 6.07) is 17.8. The van der Waals surface area contributed by atoms with Gasteiger partial charge in [-0.3, -0.25) is 0 Å². The molecule has 0 aliphatic carbocycles. The summed E-state index contributed by atoms with van der Waals surface area (Å²) in [6.45, 7) is 0.480. The van der Waals surface area contributed by atoms with Gasteiger partial charge in [0.15, 0.2) is 0 Å². The number of rotatable bonds is 4. The first kappa shape index (κ1) is 12.5. The summed E-state index contributed by atoms with van der Waals surface area (Å²) in [5.74, 6) is 0.646. The van der Waals surface area contributed by atoms with E-state index in [2.05, 4.69) is 6.07 Å². The van der Waals surface area contributed by atoms with Crippen LogP contribution in [-0.2, 0) is 6.61 Å². The van der Waals surface area contributed by atoms with Crippen LogP contribution in [0.1, 0.15) is 11.1 Å². The third kappa shape index (κ3) is 2.85. The van der Waals surface area contributed by atoms with Crippen molar-refractivity contribution in [3.8, 4) is 11.8 Å². The van der Waals surface area contributed by atoms with E-state index in [1.807, 2.05) is 54.8 Å². The van der Waals surface area contributed by atoms with Crippen LogP contribution in [0.5, 0.6) is 5.75 Å². The van der Waals surface area contributed by atoms with Gasteiger partial charge in [-0.2, -0.15) is 5.26 Å². The van der Waals surface area contributed by atoms with Crippen LogP contribution in [0.4, 0.5) is 0 Å². The summed E-state index contributed by atoms with van der Waals surface area (Å²) in [4.78, 5) is 0.947. The van der Waals surface area contributed by atoms with Crippen LogP contribution in [0.25, 0.3) is 0 Å². The number of nitriles is 1. The number of nitrogens with zero attached hydrogens (tertiary/aromatic N) is 1. The van der Waals surface area contributed by atoms with Crippen molar-refractivity contribution in [2.24, 2.45) is 0 Å². The quantitative estimate of drug-likeness (QED) is 0.778. The predicted octanol–water partition coefficient (Wildman–Crippen LogP) is 3.86. The molecule has 0 atom stereocenters. The van der Waals surface area contributed by atoms with Gasteiger partial charge in [-0.15, -0.1) is 11.8 Å². The zero-order chi connectivity index (χ0) is 12.8. The largest absolute Gasteiger partial charge is 0.487 e. The normalized spacial score (nSPS) is 9.78. The van der Waals surface area contributed by atoms with Crippen molar-refractivity contribution in [2.75, 3.05) is 6.26 Å². The molecule has 2 nitrogen and oxygen atoms in total. The minimum Gasteiger partial charge on any atom is -0.487 e. The fraction of sp³-hybridized carbons (Fsp3) is 0.133. The zero-order valence-corrected chi connectivity index (χ0v) is 10.9. The molecule has 0 amide bonds. The molecule has 0 fully saturated rings. The summed E-state index contributed by atoms with van der Waals surface area (Å²) in [5.41, 5.74) is 1.71. The molecule has 3 heteroatoms. The lowest BCUT2D eigenvalue weighted by molar-refractivity contribution is 0.304. The maximum absolute atomic E-state index is 9.18. The van der Waals surface area contributed by atoms with E-state index in [9.17, 15) is 5.26 Å². The van der Waals surface area contributed by atoms with Crippen LogP contribution >= 0.6 is 11.8 Å². The Hall–Kier alpha value is -1.92. The van der Waals surface area contributed by atoms with Crippen LogP contribution < -0.4 is 4.74 Å². The van der Waals surface area contributed by atoms with Crippen molar-refractivity contribution in [3.05, 3.63) is 59.7 Å². The Balaban J connectivity index is 2.17. The highest BCUT2D eigenvalue weighted by molar-refractivity contribution is 7.98. The van der Waals surface area contributed by atoms with Crippen LogP contribution in [0, 0.1) is 11.3 Å². The molecular formula is C15H13NOS. The van der Waals surface area contributed by atoms with Crippen LogP contribution in [-0.4, -0.2) is 6.26 Å². The van der Waals surface area contributed by atoms with Gasteiger partial charge < -0.3 is 4.74 Å². The molecule has 0 heterocycles. The predicted molar refractivity (Wildman–Crippen MR) is 73.7 cm³/mol. The van der Waals surface area contributed by atoms with Crippen LogP contribution in [0.3, 0.4) is 0 Å². The first-order valence-electron chi connectivity index (χ1n) is 5.59. The van der Waals surface area contributed by atoms with Crippen molar-refractivity contribution < 1.29 is 4.74 Å². The minimum absolute atomic E-state index is 0.480. The SMILES string of the molecule is CSc1cccc(OCc2ccccc2)c1C#N. The number of hydrogen-bond acceptors (Lipinski definition) is 3. The monoisotopic (exact) mass is 255 g/mol. The fourth-order valence-electron chi connectivity index (χ4n) is 1.65. The Morgan fingerprint density at radius 3 is 2.56 bits per heavy atom. The highest BCUT2D eigenvalue weighted by Crippen LogP contribution is 2.28. The van der Waals surface area contributed by atoms with E-state index in [0.717, 1.165) is 10.5 Å². The van der Waals surface area contributed by atoms with Crippen molar-refractivity contribution in [1.29, 1.82) is 5.26 Å². The maximum atomic E-state index is 9.18. The Bertz CT molecular complexity index is 560. The van der Waals surface area contributed by atoms with Crippen LogP contribution in [0.15, 0.2) is 53.4 Å². The molecule has 0 N–H and O–H groups in total. The summed E-state index contributed by atoms with van der Waals surface area (Å²) in [5, 5.41) is 9.18. The maximum Gasteiger partial charge on any atom is 0.138 e. The second kappa shape index (κ2) is 6.13. The summed E-state index contributed by atoms with van der Waals surface area (Å²) in [6.07, 6.45) is 1.96. The second-order valence-electron chi connectivity index (χ2n) is 3.72. The third-order valence-corrected chi connectivity index (χ3v) is 3.34. The molecule has 0 bridgehead atoms. The average Bonchev–Trinajstić information content (AvgIpc) is 2.45. The Labute approximate surface area is 111 Å². The molecule has 0 spiro atoms. The molecule has 0 unspecified atom stereocenters. The van der Waals surface area contributed by atoms with Crippen molar-refractivity contribution >= 4 is 11.8 Å². The Morgan fingerprint density at radius 2 is 1.89 bits per heavy atom. The second-order valence-corrected chi connectivity index (χ2v) is 4.57. The molecule has 2 aromatic carbocycles. The highest BCUT2D eigenvalue weighted by atomic mass is 32.2. The molecule has 18 heavy (non-hydrogen) atoms. The van der Waals surface area contributed by atoms with Gasteiger partial charge in [-0.25, -0.2) is 0 Å². The molecule has 0 saturated heterocycles. The first-order valence-corrected chi connectivity index (χ1v) is 6.81. The van der Waals surface area contributed by atoms with Gasteiger partial charge in [-0.05, 0) is 24.0 Å². The van der Waals surface area contributed by atoms with Crippen molar-refractivity contribution in [1.82, 2.24) is 0 Å². The van der Waals surface area contributed by atoms with E-state index in [-0.39, 0.29) is 0 Å². The molecule has 0 radical (unpaired) electrons. The summed E-state index contributed by atoms with van der Waals surface area (Å²) < 4.78 is 5.72. The number of benzene rings is 2. The van der Waals surface area contributed by atoms with Gasteiger partial charge in [-0.1, -0.05) is 36.4 Å². The van der Waals surface area contributed by atoms with Gasteiger partial charge in [0.1, 0.15) is 24.0 Å². The van der Waals surface area contributed by atoms with Gasteiger partial charge in [0.25, 0.3) is 0 Å². The molecule has 2 rings (SSSR count). The van der Waals surface area contributed by atoms with Crippen molar-refractivity contribution in [3.63, 3.8) is 0 Å². The lowest BCUT2D eigenvalue weighted by Gasteiger charge is -2.09. The van der Waals surface area contributed by atoms with Gasteiger partial charge in [0, 0.05) is 4.90 Å². The first-order chi connectivity index (χ1) is 8.85. The molecule has 2 aromatic rings. The number of ether oxygens (including phenoxy) is 1. The van der Waals surface area contributed by atoms with E-state index in [1.54, 1.807) is 11.8 Å². The average molecular weight is 255 g/mol. The fourth-order valence-corrected chi connectivity index (χ4v) is 2.21. The summed E-state index contributed by atoms with van der Waals surface area (Å²) >= 11 is 1.55. The standard InChI is InChI=1S/C15H13NOS/c1-18-15-9-5-8-14(13(15)10-16)17-11-12-6-3-2-4-7-12/h2-9H,11H2,1H3. The lowest BCUT2D eigenvalue weighted by atomic mass is 10.2. The molecular weight excluding hydrogens is 242 g/mol. The van der Waals surface area contributed by atoms with Gasteiger partial charge in [0.05, 0.1) is 0 Å². The highest BCUT2D eigenvalue weighted by Gasteiger charge is 2.08. The molecule has 0 aromatic heterocycles. The molecule has 90 valence electrons. The number of hydrogen-bond donors (Lipinski definition) is 0. The van der Waals surface area contributed by atoms with Crippen LogP contribution in [0.2, 0.25) is 0 Å². The Kier molecular flexibility index (Phi) is 4.27. The van der Waals surface area contributed by atoms with E-state index >= 15 is 0 Å². The molecule has 0 aliphatic rings. The third-order valence-electron chi connectivity index (χ3n) is 2.56. The zero-order valence-electron chi connectivity index (χ0n) is 10.1. The topological polar surface area (TPSA) is 33.0 Å². The van der Waals surface area contributed by atoms with E-state index in [4.69, 9.17) is 4.74 Å². The lowest BCUT2D eigenvalue weighted by Crippen LogP contribution is -1.97. The molecule has 0 saturated carbocycles. The Morgan fingerprint density at radius 1 is 1.11 bits per heavy atom.